The van der Waals surface area contributed by atoms with Gasteiger partial charge in [0.2, 0.25) is 0 Å². The number of hydrogen-bond acceptors (Lipinski definition) is 6. The van der Waals surface area contributed by atoms with Gasteiger partial charge in [0.25, 0.3) is 5.91 Å². The summed E-state index contributed by atoms with van der Waals surface area (Å²) in [6.45, 7) is 9.29. The molecule has 0 unspecified atom stereocenters. The van der Waals surface area contributed by atoms with Crippen molar-refractivity contribution >= 4 is 17.2 Å². The Hall–Kier alpha value is -1.96. The number of nitrogens with one attached hydrogen (secondary N) is 1. The number of benzene rings is 1. The second-order valence-corrected chi connectivity index (χ2v) is 7.34. The maximum atomic E-state index is 12.2. The van der Waals surface area contributed by atoms with E-state index in [-0.39, 0.29) is 5.91 Å². The summed E-state index contributed by atoms with van der Waals surface area (Å²) in [4.78, 5) is 18.9. The fourth-order valence-electron chi connectivity index (χ4n) is 2.83. The van der Waals surface area contributed by atoms with Gasteiger partial charge in [-0.05, 0) is 25.5 Å². The van der Waals surface area contributed by atoms with Crippen LogP contribution in [0.25, 0.3) is 0 Å². The minimum atomic E-state index is -0.132. The van der Waals surface area contributed by atoms with E-state index in [0.29, 0.717) is 18.8 Å². The Bertz CT molecular complexity index is 741. The van der Waals surface area contributed by atoms with Crippen molar-refractivity contribution in [1.29, 1.82) is 0 Å². The molecule has 140 valence electrons. The van der Waals surface area contributed by atoms with Crippen LogP contribution >= 0.6 is 11.3 Å². The van der Waals surface area contributed by atoms with Crippen molar-refractivity contribution in [2.24, 2.45) is 0 Å². The molecular weight excluding hydrogens is 350 g/mol. The van der Waals surface area contributed by atoms with Crippen LogP contribution in [0.15, 0.2) is 23.6 Å². The number of rotatable bonds is 7. The highest BCUT2D eigenvalue weighted by Crippen LogP contribution is 2.21. The van der Waals surface area contributed by atoms with Crippen LogP contribution in [-0.4, -0.2) is 55.2 Å². The molecule has 1 N–H and O–H groups in total. The third-order valence-electron chi connectivity index (χ3n) is 4.28. The van der Waals surface area contributed by atoms with E-state index >= 15 is 0 Å². The molecule has 1 aromatic carbocycles. The first-order valence-corrected chi connectivity index (χ1v) is 9.72. The second kappa shape index (κ2) is 9.12. The van der Waals surface area contributed by atoms with E-state index in [1.165, 1.54) is 16.9 Å². The molecule has 7 heteroatoms. The number of amides is 1. The Morgan fingerprint density at radius 3 is 2.92 bits per heavy atom. The third-order valence-corrected chi connectivity index (χ3v) is 5.11. The van der Waals surface area contributed by atoms with Gasteiger partial charge in [-0.1, -0.05) is 17.7 Å². The molecule has 3 rings (SSSR count). The average molecular weight is 375 g/mol. The van der Waals surface area contributed by atoms with Crippen molar-refractivity contribution in [2.75, 3.05) is 39.4 Å². The van der Waals surface area contributed by atoms with Gasteiger partial charge in [-0.2, -0.15) is 0 Å². The highest BCUT2D eigenvalue weighted by Gasteiger charge is 2.13. The van der Waals surface area contributed by atoms with Crippen LogP contribution in [0.2, 0.25) is 0 Å². The van der Waals surface area contributed by atoms with Crippen LogP contribution in [0.3, 0.4) is 0 Å². The number of aryl methyl sites for hydroxylation is 2. The van der Waals surface area contributed by atoms with E-state index in [9.17, 15) is 4.79 Å². The van der Waals surface area contributed by atoms with Gasteiger partial charge in [-0.15, -0.1) is 11.3 Å². The van der Waals surface area contributed by atoms with Gasteiger partial charge < -0.3 is 14.8 Å². The molecule has 26 heavy (non-hydrogen) atoms. The standard InChI is InChI=1S/C19H25N3O3S/c1-14-3-4-17(15(2)11-14)25-12-18-21-16(13-26-18)19(23)20-5-6-22-7-9-24-10-8-22/h3-4,11,13H,5-10,12H2,1-2H3,(H,20,23). The van der Waals surface area contributed by atoms with Crippen molar-refractivity contribution in [2.45, 2.75) is 20.5 Å². The maximum Gasteiger partial charge on any atom is 0.270 e. The van der Waals surface area contributed by atoms with E-state index < -0.39 is 0 Å². The molecule has 0 saturated carbocycles. The quantitative estimate of drug-likeness (QED) is 0.805. The van der Waals surface area contributed by atoms with Gasteiger partial charge >= 0.3 is 0 Å². The van der Waals surface area contributed by atoms with Crippen LogP contribution in [-0.2, 0) is 11.3 Å². The lowest BCUT2D eigenvalue weighted by atomic mass is 10.1. The zero-order valence-corrected chi connectivity index (χ0v) is 16.1. The predicted molar refractivity (Wildman–Crippen MR) is 102 cm³/mol. The highest BCUT2D eigenvalue weighted by molar-refractivity contribution is 7.09. The third kappa shape index (κ3) is 5.27. The van der Waals surface area contributed by atoms with Crippen molar-refractivity contribution in [3.8, 4) is 5.75 Å². The van der Waals surface area contributed by atoms with E-state index in [2.05, 4.69) is 28.2 Å². The Kier molecular flexibility index (Phi) is 6.60. The zero-order chi connectivity index (χ0) is 18.4. The van der Waals surface area contributed by atoms with Gasteiger partial charge in [0.15, 0.2) is 0 Å². The summed E-state index contributed by atoms with van der Waals surface area (Å²) in [5, 5.41) is 5.51. The monoisotopic (exact) mass is 375 g/mol. The first kappa shape index (κ1) is 18.8. The smallest absolute Gasteiger partial charge is 0.270 e. The molecule has 6 nitrogen and oxygen atoms in total. The number of hydrogen-bond donors (Lipinski definition) is 1. The molecular formula is C19H25N3O3S. The Morgan fingerprint density at radius 2 is 2.15 bits per heavy atom. The summed E-state index contributed by atoms with van der Waals surface area (Å²) in [5.74, 6) is 0.717. The minimum absolute atomic E-state index is 0.132. The summed E-state index contributed by atoms with van der Waals surface area (Å²) < 4.78 is 11.1. The Labute approximate surface area is 158 Å². The van der Waals surface area contributed by atoms with Gasteiger partial charge in [0.1, 0.15) is 23.1 Å². The molecule has 0 spiro atoms. The molecule has 2 heterocycles. The molecule has 1 aliphatic rings. The highest BCUT2D eigenvalue weighted by atomic mass is 32.1. The lowest BCUT2D eigenvalue weighted by molar-refractivity contribution is 0.0383. The average Bonchev–Trinajstić information content (AvgIpc) is 3.11. The fourth-order valence-corrected chi connectivity index (χ4v) is 3.51. The van der Waals surface area contributed by atoms with Crippen molar-refractivity contribution in [3.05, 3.63) is 45.4 Å². The number of morpholine rings is 1. The summed E-state index contributed by atoms with van der Waals surface area (Å²) in [6.07, 6.45) is 0. The molecule has 1 aromatic heterocycles. The number of ether oxygens (including phenoxy) is 2. The fraction of sp³-hybridized carbons (Fsp3) is 0.474. The van der Waals surface area contributed by atoms with Crippen LogP contribution in [0, 0.1) is 13.8 Å². The number of thiazole rings is 1. The Morgan fingerprint density at radius 1 is 1.35 bits per heavy atom. The normalized spacial score (nSPS) is 15.0. The summed E-state index contributed by atoms with van der Waals surface area (Å²) in [7, 11) is 0. The van der Waals surface area contributed by atoms with E-state index in [1.54, 1.807) is 5.38 Å². The van der Waals surface area contributed by atoms with Crippen molar-refractivity contribution < 1.29 is 14.3 Å². The molecule has 1 amide bonds. The molecule has 0 atom stereocenters. The molecule has 0 aliphatic carbocycles. The molecule has 0 radical (unpaired) electrons. The molecule has 2 aromatic rings. The van der Waals surface area contributed by atoms with Crippen LogP contribution in [0.4, 0.5) is 0 Å². The number of carbonyl (C=O) groups is 1. The van der Waals surface area contributed by atoms with Crippen molar-refractivity contribution in [3.63, 3.8) is 0 Å². The summed E-state index contributed by atoms with van der Waals surface area (Å²) in [5.41, 5.74) is 2.76. The maximum absolute atomic E-state index is 12.2. The van der Waals surface area contributed by atoms with Crippen LogP contribution < -0.4 is 10.1 Å². The predicted octanol–water partition coefficient (Wildman–Crippen LogP) is 2.40. The van der Waals surface area contributed by atoms with Crippen LogP contribution in [0.1, 0.15) is 26.6 Å². The van der Waals surface area contributed by atoms with E-state index in [4.69, 9.17) is 9.47 Å². The molecule has 1 fully saturated rings. The lowest BCUT2D eigenvalue weighted by Gasteiger charge is -2.26. The van der Waals surface area contributed by atoms with Gasteiger partial charge in [0, 0.05) is 31.6 Å². The molecule has 1 aliphatic heterocycles. The number of nitrogens with zero attached hydrogens (tertiary/aromatic N) is 2. The first-order valence-electron chi connectivity index (χ1n) is 8.84. The number of carbonyl (C=O) groups excluding carboxylic acids is 1. The van der Waals surface area contributed by atoms with Gasteiger partial charge in [0.05, 0.1) is 13.2 Å². The minimum Gasteiger partial charge on any atom is -0.486 e. The first-order chi connectivity index (χ1) is 12.6. The van der Waals surface area contributed by atoms with Crippen molar-refractivity contribution in [1.82, 2.24) is 15.2 Å². The second-order valence-electron chi connectivity index (χ2n) is 6.39. The van der Waals surface area contributed by atoms with E-state index in [1.807, 2.05) is 19.1 Å². The lowest BCUT2D eigenvalue weighted by Crippen LogP contribution is -2.41. The van der Waals surface area contributed by atoms with Gasteiger partial charge in [-0.25, -0.2) is 4.98 Å². The van der Waals surface area contributed by atoms with Crippen LogP contribution in [0.5, 0.6) is 5.75 Å². The summed E-state index contributed by atoms with van der Waals surface area (Å²) in [6, 6.07) is 6.08. The number of aromatic nitrogens is 1. The molecule has 0 bridgehead atoms. The van der Waals surface area contributed by atoms with Gasteiger partial charge in [-0.3, -0.25) is 9.69 Å². The molecule has 1 saturated heterocycles. The SMILES string of the molecule is Cc1ccc(OCc2nc(C(=O)NCCN3CCOCC3)cs2)c(C)c1. The topological polar surface area (TPSA) is 63.7 Å². The Balaban J connectivity index is 1.45. The zero-order valence-electron chi connectivity index (χ0n) is 15.3. The largest absolute Gasteiger partial charge is 0.486 e. The van der Waals surface area contributed by atoms with E-state index in [0.717, 1.165) is 49.2 Å². The summed E-state index contributed by atoms with van der Waals surface area (Å²) >= 11 is 1.44.